The first-order valence-electron chi connectivity index (χ1n) is 5.13. The second-order valence-corrected chi connectivity index (χ2v) is 5.03. The van der Waals surface area contributed by atoms with Crippen molar-refractivity contribution in [1.29, 1.82) is 0 Å². The van der Waals surface area contributed by atoms with E-state index >= 15 is 0 Å². The van der Waals surface area contributed by atoms with Crippen molar-refractivity contribution in [1.82, 2.24) is 4.90 Å². The van der Waals surface area contributed by atoms with Crippen LogP contribution in [0, 0.1) is 0 Å². The molecule has 2 aromatic carbocycles. The molecule has 0 radical (unpaired) electrons. The fourth-order valence-electron chi connectivity index (χ4n) is 2.25. The Balaban J connectivity index is 2.35. The van der Waals surface area contributed by atoms with Crippen LogP contribution in [0.3, 0.4) is 0 Å². The van der Waals surface area contributed by atoms with E-state index in [2.05, 4.69) is 28.1 Å². The van der Waals surface area contributed by atoms with Crippen LogP contribution in [0.2, 0.25) is 0 Å². The van der Waals surface area contributed by atoms with E-state index < -0.39 is 0 Å². The Morgan fingerprint density at radius 3 is 2.88 bits per heavy atom. The number of hydrogen-bond donors (Lipinski definition) is 0. The summed E-state index contributed by atoms with van der Waals surface area (Å²) >= 11 is 3.46. The molecule has 0 saturated heterocycles. The summed E-state index contributed by atoms with van der Waals surface area (Å²) in [5.41, 5.74) is 2.00. The molecule has 0 saturated carbocycles. The van der Waals surface area contributed by atoms with Gasteiger partial charge in [0.15, 0.2) is 0 Å². The summed E-state index contributed by atoms with van der Waals surface area (Å²) in [6.07, 6.45) is 0. The summed E-state index contributed by atoms with van der Waals surface area (Å²) in [6.45, 7) is 0.715. The van der Waals surface area contributed by atoms with Gasteiger partial charge in [0.2, 0.25) is 0 Å². The van der Waals surface area contributed by atoms with E-state index in [1.54, 1.807) is 4.90 Å². The average molecular weight is 276 g/mol. The highest BCUT2D eigenvalue weighted by Crippen LogP contribution is 2.30. The van der Waals surface area contributed by atoms with E-state index in [-0.39, 0.29) is 5.91 Å². The van der Waals surface area contributed by atoms with Gasteiger partial charge in [0.1, 0.15) is 0 Å². The maximum absolute atomic E-state index is 11.8. The predicted octanol–water partition coefficient (Wildman–Crippen LogP) is 3.19. The van der Waals surface area contributed by atoms with Gasteiger partial charge in [-0.25, -0.2) is 0 Å². The standard InChI is InChI=1S/C13H10BrNO/c1-15-7-12-10-5-3-9(14)6-8(10)2-4-11(12)13(15)16/h2-6H,7H2,1H3. The Morgan fingerprint density at radius 2 is 2.06 bits per heavy atom. The quantitative estimate of drug-likeness (QED) is 0.723. The van der Waals surface area contributed by atoms with Crippen LogP contribution in [0.1, 0.15) is 15.9 Å². The molecule has 3 heteroatoms. The molecule has 0 aromatic heterocycles. The van der Waals surface area contributed by atoms with E-state index in [0.29, 0.717) is 6.54 Å². The SMILES string of the molecule is CN1Cc2c(ccc3cc(Br)ccc23)C1=O. The minimum absolute atomic E-state index is 0.125. The van der Waals surface area contributed by atoms with Crippen LogP contribution < -0.4 is 0 Å². The van der Waals surface area contributed by atoms with Gasteiger partial charge in [0, 0.05) is 23.6 Å². The molecule has 0 fully saturated rings. The number of rotatable bonds is 0. The molecule has 1 aliphatic heterocycles. The Hall–Kier alpha value is -1.35. The zero-order valence-corrected chi connectivity index (χ0v) is 10.4. The van der Waals surface area contributed by atoms with Crippen LogP contribution in [0.4, 0.5) is 0 Å². The fourth-order valence-corrected chi connectivity index (χ4v) is 2.63. The predicted molar refractivity (Wildman–Crippen MR) is 67.4 cm³/mol. The highest BCUT2D eigenvalue weighted by Gasteiger charge is 2.25. The number of hydrogen-bond acceptors (Lipinski definition) is 1. The normalized spacial score (nSPS) is 14.6. The van der Waals surface area contributed by atoms with Gasteiger partial charge in [0.05, 0.1) is 0 Å². The summed E-state index contributed by atoms with van der Waals surface area (Å²) in [5.74, 6) is 0.125. The van der Waals surface area contributed by atoms with Crippen LogP contribution in [0.15, 0.2) is 34.8 Å². The van der Waals surface area contributed by atoms with E-state index in [4.69, 9.17) is 0 Å². The van der Waals surface area contributed by atoms with Crippen LogP contribution >= 0.6 is 15.9 Å². The van der Waals surface area contributed by atoms with Gasteiger partial charge in [-0.05, 0) is 34.5 Å². The van der Waals surface area contributed by atoms with Crippen LogP contribution in [0.5, 0.6) is 0 Å². The van der Waals surface area contributed by atoms with Gasteiger partial charge < -0.3 is 4.90 Å². The minimum atomic E-state index is 0.125. The Bertz CT molecular complexity index is 606. The molecule has 1 aliphatic rings. The molecule has 0 aliphatic carbocycles. The number of benzene rings is 2. The van der Waals surface area contributed by atoms with Crippen molar-refractivity contribution < 1.29 is 4.79 Å². The number of fused-ring (bicyclic) bond motifs is 3. The molecule has 0 bridgehead atoms. The lowest BCUT2D eigenvalue weighted by atomic mass is 10.0. The first-order chi connectivity index (χ1) is 7.66. The molecule has 1 heterocycles. The third-order valence-corrected chi connectivity index (χ3v) is 3.56. The zero-order chi connectivity index (χ0) is 11.3. The van der Waals surface area contributed by atoms with E-state index in [1.165, 1.54) is 10.8 Å². The summed E-state index contributed by atoms with van der Waals surface area (Å²) in [6, 6.07) is 10.1. The molecule has 3 rings (SSSR count). The number of carbonyl (C=O) groups is 1. The Labute approximate surface area is 102 Å². The van der Waals surface area contributed by atoms with Crippen molar-refractivity contribution in [3.05, 3.63) is 45.9 Å². The highest BCUT2D eigenvalue weighted by molar-refractivity contribution is 9.10. The minimum Gasteiger partial charge on any atom is -0.337 e. The summed E-state index contributed by atoms with van der Waals surface area (Å²) in [5, 5.41) is 2.36. The largest absolute Gasteiger partial charge is 0.337 e. The van der Waals surface area contributed by atoms with Gasteiger partial charge in [-0.1, -0.05) is 28.1 Å². The Kier molecular flexibility index (Phi) is 2.04. The van der Waals surface area contributed by atoms with Gasteiger partial charge in [-0.15, -0.1) is 0 Å². The summed E-state index contributed by atoms with van der Waals surface area (Å²) in [7, 11) is 1.84. The van der Waals surface area contributed by atoms with Gasteiger partial charge >= 0.3 is 0 Å². The van der Waals surface area contributed by atoms with Gasteiger partial charge in [0.25, 0.3) is 5.91 Å². The molecule has 2 nitrogen and oxygen atoms in total. The third-order valence-electron chi connectivity index (χ3n) is 3.07. The maximum Gasteiger partial charge on any atom is 0.254 e. The van der Waals surface area contributed by atoms with Crippen molar-refractivity contribution in [3.8, 4) is 0 Å². The molecule has 0 unspecified atom stereocenters. The fraction of sp³-hybridized carbons (Fsp3) is 0.154. The summed E-state index contributed by atoms with van der Waals surface area (Å²) < 4.78 is 1.07. The number of carbonyl (C=O) groups excluding carboxylic acids is 1. The van der Waals surface area contributed by atoms with Gasteiger partial charge in [-0.2, -0.15) is 0 Å². The molecule has 16 heavy (non-hydrogen) atoms. The molecule has 1 amide bonds. The molecule has 80 valence electrons. The molecule has 2 aromatic rings. The van der Waals surface area contributed by atoms with Crippen molar-refractivity contribution in [2.45, 2.75) is 6.54 Å². The van der Waals surface area contributed by atoms with Crippen LogP contribution in [0.25, 0.3) is 10.8 Å². The lowest BCUT2D eigenvalue weighted by Crippen LogP contribution is -2.17. The maximum atomic E-state index is 11.8. The van der Waals surface area contributed by atoms with Crippen LogP contribution in [-0.2, 0) is 6.54 Å². The van der Waals surface area contributed by atoms with Gasteiger partial charge in [-0.3, -0.25) is 4.79 Å². The molecular formula is C13H10BrNO. The van der Waals surface area contributed by atoms with Crippen molar-refractivity contribution in [2.24, 2.45) is 0 Å². The average Bonchev–Trinajstić information content (AvgIpc) is 2.55. The molecule has 0 atom stereocenters. The van der Waals surface area contributed by atoms with E-state index in [0.717, 1.165) is 15.6 Å². The number of nitrogens with zero attached hydrogens (tertiary/aromatic N) is 1. The molecular weight excluding hydrogens is 266 g/mol. The number of halogens is 1. The summed E-state index contributed by atoms with van der Waals surface area (Å²) in [4.78, 5) is 13.6. The zero-order valence-electron chi connectivity index (χ0n) is 8.83. The molecule has 0 N–H and O–H groups in total. The second kappa shape index (κ2) is 3.32. The van der Waals surface area contributed by atoms with E-state index in [1.807, 2.05) is 25.2 Å². The lowest BCUT2D eigenvalue weighted by Gasteiger charge is -2.05. The monoisotopic (exact) mass is 275 g/mol. The van der Waals surface area contributed by atoms with Crippen molar-refractivity contribution >= 4 is 32.6 Å². The first-order valence-corrected chi connectivity index (χ1v) is 5.93. The highest BCUT2D eigenvalue weighted by atomic mass is 79.9. The smallest absolute Gasteiger partial charge is 0.254 e. The van der Waals surface area contributed by atoms with Crippen LogP contribution in [-0.4, -0.2) is 17.9 Å². The number of amides is 1. The Morgan fingerprint density at radius 1 is 1.25 bits per heavy atom. The molecule has 0 spiro atoms. The third kappa shape index (κ3) is 1.28. The topological polar surface area (TPSA) is 20.3 Å². The van der Waals surface area contributed by atoms with E-state index in [9.17, 15) is 4.79 Å². The lowest BCUT2D eigenvalue weighted by molar-refractivity contribution is 0.0816. The second-order valence-electron chi connectivity index (χ2n) is 4.12. The van der Waals surface area contributed by atoms with Crippen molar-refractivity contribution in [3.63, 3.8) is 0 Å². The first kappa shape index (κ1) is 9.85. The van der Waals surface area contributed by atoms with Crippen molar-refractivity contribution in [2.75, 3.05) is 7.05 Å².